The van der Waals surface area contributed by atoms with Crippen molar-refractivity contribution in [1.29, 1.82) is 5.26 Å². The highest BCUT2D eigenvalue weighted by Gasteiger charge is 2.34. The van der Waals surface area contributed by atoms with E-state index in [0.717, 1.165) is 37.2 Å². The van der Waals surface area contributed by atoms with Gasteiger partial charge in [0.25, 0.3) is 0 Å². The highest BCUT2D eigenvalue weighted by atomic mass is 16.5. The number of benzene rings is 1. The molecule has 0 radical (unpaired) electrons. The Balaban J connectivity index is 1.67. The predicted molar refractivity (Wildman–Crippen MR) is 98.6 cm³/mol. The summed E-state index contributed by atoms with van der Waals surface area (Å²) < 4.78 is 5.37. The number of hydrogen-bond donors (Lipinski definition) is 0. The maximum atomic E-state index is 9.37. The number of hydrogen-bond acceptors (Lipinski definition) is 5. The topological polar surface area (TPSA) is 52.4 Å². The Morgan fingerprint density at radius 1 is 1.24 bits per heavy atom. The monoisotopic (exact) mass is 336 g/mol. The summed E-state index contributed by atoms with van der Waals surface area (Å²) in [5.74, 6) is 0.629. The smallest absolute Gasteiger partial charge is 0.101 e. The lowest BCUT2D eigenvalue weighted by Crippen LogP contribution is -2.57. The molecule has 0 spiro atoms. The second-order valence-electron chi connectivity index (χ2n) is 7.40. The first-order valence-corrected chi connectivity index (χ1v) is 9.00. The average molecular weight is 336 g/mol. The van der Waals surface area contributed by atoms with E-state index < -0.39 is 0 Å². The predicted octanol–water partition coefficient (Wildman–Crippen LogP) is 2.65. The second kappa shape index (κ2) is 6.62. The number of anilines is 1. The summed E-state index contributed by atoms with van der Waals surface area (Å²) in [6.07, 6.45) is 2.98. The Kier molecular flexibility index (Phi) is 4.32. The lowest BCUT2D eigenvalue weighted by Gasteiger charge is -2.46. The van der Waals surface area contributed by atoms with Gasteiger partial charge in [0, 0.05) is 36.4 Å². The Hall–Kier alpha value is -2.16. The van der Waals surface area contributed by atoms with E-state index in [1.165, 1.54) is 12.1 Å². The van der Waals surface area contributed by atoms with Gasteiger partial charge in [0.2, 0.25) is 0 Å². The number of ether oxygens (including phenoxy) is 1. The van der Waals surface area contributed by atoms with Crippen LogP contribution in [0.25, 0.3) is 10.9 Å². The molecule has 2 fully saturated rings. The summed E-state index contributed by atoms with van der Waals surface area (Å²) in [6, 6.07) is 11.4. The lowest BCUT2D eigenvalue weighted by atomic mass is 9.93. The number of piperidine rings is 1. The second-order valence-corrected chi connectivity index (χ2v) is 7.40. The lowest BCUT2D eigenvalue weighted by molar-refractivity contribution is -0.0722. The molecule has 2 aliphatic heterocycles. The van der Waals surface area contributed by atoms with E-state index in [4.69, 9.17) is 4.74 Å². The van der Waals surface area contributed by atoms with Crippen LogP contribution in [0, 0.1) is 17.2 Å². The van der Waals surface area contributed by atoms with Crippen molar-refractivity contribution >= 4 is 16.6 Å². The number of nitriles is 1. The van der Waals surface area contributed by atoms with E-state index in [9.17, 15) is 5.26 Å². The normalized spacial score (nSPS) is 24.3. The summed E-state index contributed by atoms with van der Waals surface area (Å²) in [7, 11) is 2.23. The number of aromatic nitrogens is 1. The van der Waals surface area contributed by atoms with Gasteiger partial charge in [-0.05, 0) is 43.7 Å². The van der Waals surface area contributed by atoms with Gasteiger partial charge < -0.3 is 9.64 Å². The number of nitrogens with zero attached hydrogens (tertiary/aromatic N) is 4. The number of pyridine rings is 1. The van der Waals surface area contributed by atoms with E-state index in [0.29, 0.717) is 23.6 Å². The molecule has 5 nitrogen and oxygen atoms in total. The van der Waals surface area contributed by atoms with Crippen molar-refractivity contribution in [2.45, 2.75) is 25.4 Å². The van der Waals surface area contributed by atoms with Gasteiger partial charge in [0.05, 0.1) is 30.3 Å². The van der Waals surface area contributed by atoms with Crippen LogP contribution in [-0.4, -0.2) is 55.3 Å². The van der Waals surface area contributed by atoms with Crippen LogP contribution in [-0.2, 0) is 4.74 Å². The van der Waals surface area contributed by atoms with Crippen molar-refractivity contribution in [2.24, 2.45) is 5.92 Å². The zero-order valence-electron chi connectivity index (χ0n) is 14.9. The molecule has 0 bridgehead atoms. The van der Waals surface area contributed by atoms with E-state index >= 15 is 0 Å². The molecule has 1 aromatic carbocycles. The van der Waals surface area contributed by atoms with Crippen molar-refractivity contribution in [2.75, 3.05) is 38.3 Å². The van der Waals surface area contributed by atoms with Crippen LogP contribution in [0.2, 0.25) is 0 Å². The molecule has 2 aromatic rings. The maximum Gasteiger partial charge on any atom is 0.101 e. The van der Waals surface area contributed by atoms with Gasteiger partial charge in [-0.1, -0.05) is 6.92 Å². The van der Waals surface area contributed by atoms with Gasteiger partial charge in [0.1, 0.15) is 6.07 Å². The first kappa shape index (κ1) is 16.3. The van der Waals surface area contributed by atoms with Gasteiger partial charge in [0.15, 0.2) is 0 Å². The van der Waals surface area contributed by atoms with Crippen molar-refractivity contribution < 1.29 is 4.74 Å². The molecule has 0 aliphatic carbocycles. The van der Waals surface area contributed by atoms with Crippen molar-refractivity contribution in [1.82, 2.24) is 9.88 Å². The fourth-order valence-corrected chi connectivity index (χ4v) is 4.09. The minimum Gasteiger partial charge on any atom is -0.378 e. The molecular formula is C20H24N4O. The highest BCUT2D eigenvalue weighted by molar-refractivity contribution is 5.95. The molecule has 2 atom stereocenters. The Bertz CT molecular complexity index is 811. The largest absolute Gasteiger partial charge is 0.378 e. The van der Waals surface area contributed by atoms with Crippen LogP contribution in [0.4, 0.5) is 5.69 Å². The molecule has 2 saturated heterocycles. The molecule has 5 heteroatoms. The molecule has 2 aliphatic rings. The fraction of sp³-hybridized carbons (Fsp3) is 0.500. The molecule has 3 heterocycles. The average Bonchev–Trinajstić information content (AvgIpc) is 2.58. The summed E-state index contributed by atoms with van der Waals surface area (Å²) in [6.45, 7) is 6.08. The van der Waals surface area contributed by atoms with Gasteiger partial charge >= 0.3 is 0 Å². The number of likely N-dealkylation sites (N-methyl/N-ethyl adjacent to an activating group) is 1. The zero-order valence-corrected chi connectivity index (χ0v) is 14.9. The highest BCUT2D eigenvalue weighted by Crippen LogP contribution is 2.32. The summed E-state index contributed by atoms with van der Waals surface area (Å²) in [5.41, 5.74) is 2.64. The van der Waals surface area contributed by atoms with Crippen LogP contribution >= 0.6 is 0 Å². The maximum absolute atomic E-state index is 9.37. The van der Waals surface area contributed by atoms with E-state index in [2.05, 4.69) is 47.0 Å². The third-order valence-corrected chi connectivity index (χ3v) is 5.62. The van der Waals surface area contributed by atoms with Gasteiger partial charge in [-0.2, -0.15) is 5.26 Å². The summed E-state index contributed by atoms with van der Waals surface area (Å²) in [4.78, 5) is 9.42. The molecule has 0 N–H and O–H groups in total. The van der Waals surface area contributed by atoms with Crippen LogP contribution in [0.3, 0.4) is 0 Å². The quantitative estimate of drug-likeness (QED) is 0.862. The molecular weight excluding hydrogens is 312 g/mol. The number of rotatable bonds is 3. The first-order chi connectivity index (χ1) is 12.2. The molecule has 0 amide bonds. The van der Waals surface area contributed by atoms with Crippen molar-refractivity contribution in [3.05, 3.63) is 36.0 Å². The molecule has 1 aromatic heterocycles. The SMILES string of the molecule is C[C@H]1C[C@@H](N(C)C2COC2)CN(c2ccc(C#N)c3ncccc23)C1. The third-order valence-electron chi connectivity index (χ3n) is 5.62. The van der Waals surface area contributed by atoms with E-state index in [1.807, 2.05) is 12.1 Å². The molecule has 0 unspecified atom stereocenters. The minimum atomic E-state index is 0.528. The van der Waals surface area contributed by atoms with Crippen molar-refractivity contribution in [3.63, 3.8) is 0 Å². The Morgan fingerprint density at radius 3 is 2.80 bits per heavy atom. The van der Waals surface area contributed by atoms with Gasteiger partial charge in [-0.15, -0.1) is 0 Å². The fourth-order valence-electron chi connectivity index (χ4n) is 4.09. The van der Waals surface area contributed by atoms with Crippen LogP contribution in [0.1, 0.15) is 18.9 Å². The number of fused-ring (bicyclic) bond motifs is 1. The molecule has 25 heavy (non-hydrogen) atoms. The van der Waals surface area contributed by atoms with Crippen molar-refractivity contribution in [3.8, 4) is 6.07 Å². The first-order valence-electron chi connectivity index (χ1n) is 9.00. The van der Waals surface area contributed by atoms with Crippen LogP contribution < -0.4 is 4.90 Å². The molecule has 4 rings (SSSR count). The van der Waals surface area contributed by atoms with Gasteiger partial charge in [-0.3, -0.25) is 9.88 Å². The Morgan fingerprint density at radius 2 is 2.08 bits per heavy atom. The third kappa shape index (κ3) is 2.97. The summed E-state index contributed by atoms with van der Waals surface area (Å²) >= 11 is 0. The van der Waals surface area contributed by atoms with E-state index in [-0.39, 0.29) is 0 Å². The van der Waals surface area contributed by atoms with E-state index in [1.54, 1.807) is 6.20 Å². The van der Waals surface area contributed by atoms with Gasteiger partial charge in [-0.25, -0.2) is 0 Å². The Labute approximate surface area is 148 Å². The molecule has 0 saturated carbocycles. The molecule has 130 valence electrons. The van der Waals surface area contributed by atoms with Crippen LogP contribution in [0.5, 0.6) is 0 Å². The standard InChI is InChI=1S/C20H24N4O/c1-14-8-16(23(2)17-12-25-13-17)11-24(10-14)19-6-5-15(9-21)20-18(19)4-3-7-22-20/h3-7,14,16-17H,8,10-13H2,1-2H3/t14-,16+/m0/s1. The van der Waals surface area contributed by atoms with Crippen LogP contribution in [0.15, 0.2) is 30.5 Å². The summed E-state index contributed by atoms with van der Waals surface area (Å²) in [5, 5.41) is 10.4. The zero-order chi connectivity index (χ0) is 17.4. The minimum absolute atomic E-state index is 0.528.